The molecule has 3 heteroatoms. The van der Waals surface area contributed by atoms with Gasteiger partial charge in [0.15, 0.2) is 0 Å². The maximum Gasteiger partial charge on any atom is 0.123 e. The van der Waals surface area contributed by atoms with Crippen LogP contribution in [0.4, 0.5) is 4.39 Å². The van der Waals surface area contributed by atoms with Gasteiger partial charge in [0, 0.05) is 5.39 Å². The summed E-state index contributed by atoms with van der Waals surface area (Å²) in [4.78, 5) is 4.60. The van der Waals surface area contributed by atoms with Crippen molar-refractivity contribution in [3.05, 3.63) is 77.2 Å². The van der Waals surface area contributed by atoms with E-state index in [1.54, 1.807) is 6.07 Å². The molecule has 0 fully saturated rings. The van der Waals surface area contributed by atoms with Gasteiger partial charge in [0.05, 0.1) is 17.3 Å². The minimum atomic E-state index is -0.347. The van der Waals surface area contributed by atoms with Crippen LogP contribution in [0.3, 0.4) is 0 Å². The number of nitrogens with zero attached hydrogens (tertiary/aromatic N) is 1. The van der Waals surface area contributed by atoms with E-state index >= 15 is 0 Å². The second kappa shape index (κ2) is 5.02. The number of pyridine rings is 1. The highest BCUT2D eigenvalue weighted by Gasteiger charge is 2.13. The van der Waals surface area contributed by atoms with Crippen molar-refractivity contribution < 1.29 is 4.39 Å². The molecule has 3 aromatic rings. The summed E-state index contributed by atoms with van der Waals surface area (Å²) in [7, 11) is 0. The summed E-state index contributed by atoms with van der Waals surface area (Å²) in [6.45, 7) is 1.86. The Bertz CT molecular complexity index is 768. The SMILES string of the molecule is Cc1cc(F)ccc1C(N)c1ccc2ccccc2n1. The number of aromatic nitrogens is 1. The van der Waals surface area contributed by atoms with Crippen LogP contribution in [0.1, 0.15) is 22.9 Å². The Labute approximate surface area is 117 Å². The fraction of sp³-hybridized carbons (Fsp3) is 0.118. The third-order valence-electron chi connectivity index (χ3n) is 3.51. The van der Waals surface area contributed by atoms with Gasteiger partial charge in [-0.05, 0) is 42.3 Å². The first-order valence-electron chi connectivity index (χ1n) is 6.52. The molecule has 1 aromatic heterocycles. The van der Waals surface area contributed by atoms with Crippen LogP contribution < -0.4 is 5.73 Å². The number of benzene rings is 2. The molecule has 0 saturated carbocycles. The van der Waals surface area contributed by atoms with Crippen molar-refractivity contribution in [1.82, 2.24) is 4.98 Å². The Morgan fingerprint density at radius 2 is 1.85 bits per heavy atom. The molecule has 0 amide bonds. The largest absolute Gasteiger partial charge is 0.319 e. The van der Waals surface area contributed by atoms with Crippen LogP contribution in [0, 0.1) is 12.7 Å². The summed E-state index contributed by atoms with van der Waals surface area (Å²) in [6.07, 6.45) is 0. The van der Waals surface area contributed by atoms with E-state index in [2.05, 4.69) is 4.98 Å². The molecule has 0 spiro atoms. The molecule has 1 atom stereocenters. The number of aryl methyl sites for hydroxylation is 1. The van der Waals surface area contributed by atoms with Crippen molar-refractivity contribution in [1.29, 1.82) is 0 Å². The first-order valence-corrected chi connectivity index (χ1v) is 6.52. The quantitative estimate of drug-likeness (QED) is 0.767. The zero-order valence-corrected chi connectivity index (χ0v) is 11.2. The van der Waals surface area contributed by atoms with Gasteiger partial charge in [-0.3, -0.25) is 4.98 Å². The Kier molecular flexibility index (Phi) is 3.20. The van der Waals surface area contributed by atoms with E-state index in [4.69, 9.17) is 5.73 Å². The van der Waals surface area contributed by atoms with E-state index in [0.717, 1.165) is 27.7 Å². The zero-order chi connectivity index (χ0) is 14.1. The Hall–Kier alpha value is -2.26. The minimum Gasteiger partial charge on any atom is -0.319 e. The van der Waals surface area contributed by atoms with Gasteiger partial charge in [0.1, 0.15) is 5.82 Å². The third-order valence-corrected chi connectivity index (χ3v) is 3.51. The Balaban J connectivity index is 2.05. The molecule has 0 aliphatic heterocycles. The van der Waals surface area contributed by atoms with Crippen LogP contribution in [0.5, 0.6) is 0 Å². The number of hydrogen-bond acceptors (Lipinski definition) is 2. The molecular weight excluding hydrogens is 251 g/mol. The van der Waals surface area contributed by atoms with Crippen molar-refractivity contribution in [2.45, 2.75) is 13.0 Å². The molecule has 20 heavy (non-hydrogen) atoms. The first-order chi connectivity index (χ1) is 9.65. The first kappa shape index (κ1) is 12.8. The molecule has 2 nitrogen and oxygen atoms in total. The van der Waals surface area contributed by atoms with Crippen LogP contribution in [0.15, 0.2) is 54.6 Å². The van der Waals surface area contributed by atoms with Crippen LogP contribution in [0.25, 0.3) is 10.9 Å². The average Bonchev–Trinajstić information content (AvgIpc) is 2.46. The molecule has 3 rings (SSSR count). The highest BCUT2D eigenvalue weighted by atomic mass is 19.1. The Morgan fingerprint density at radius 1 is 1.05 bits per heavy atom. The van der Waals surface area contributed by atoms with Crippen molar-refractivity contribution in [2.75, 3.05) is 0 Å². The topological polar surface area (TPSA) is 38.9 Å². The lowest BCUT2D eigenvalue weighted by Crippen LogP contribution is -2.15. The molecular formula is C17H15FN2. The fourth-order valence-electron chi connectivity index (χ4n) is 2.40. The van der Waals surface area contributed by atoms with Crippen molar-refractivity contribution >= 4 is 10.9 Å². The van der Waals surface area contributed by atoms with E-state index in [1.165, 1.54) is 12.1 Å². The Morgan fingerprint density at radius 3 is 2.65 bits per heavy atom. The predicted octanol–water partition coefficient (Wildman–Crippen LogP) is 3.73. The molecule has 0 bridgehead atoms. The molecule has 100 valence electrons. The van der Waals surface area contributed by atoms with Gasteiger partial charge in [0.2, 0.25) is 0 Å². The van der Waals surface area contributed by atoms with E-state index in [-0.39, 0.29) is 11.9 Å². The molecule has 0 saturated heterocycles. The van der Waals surface area contributed by atoms with Gasteiger partial charge >= 0.3 is 0 Å². The zero-order valence-electron chi connectivity index (χ0n) is 11.2. The lowest BCUT2D eigenvalue weighted by Gasteiger charge is -2.15. The maximum absolute atomic E-state index is 13.2. The maximum atomic E-state index is 13.2. The number of fused-ring (bicyclic) bond motifs is 1. The number of rotatable bonds is 2. The van der Waals surface area contributed by atoms with E-state index in [9.17, 15) is 4.39 Å². The van der Waals surface area contributed by atoms with Gasteiger partial charge in [-0.2, -0.15) is 0 Å². The predicted molar refractivity (Wildman–Crippen MR) is 78.9 cm³/mol. The van der Waals surface area contributed by atoms with Gasteiger partial charge in [-0.15, -0.1) is 0 Å². The highest BCUT2D eigenvalue weighted by Crippen LogP contribution is 2.23. The summed E-state index contributed by atoms with van der Waals surface area (Å²) in [5, 5.41) is 1.08. The minimum absolute atomic E-state index is 0.245. The standard InChI is InChI=1S/C17H15FN2/c1-11-10-13(18)7-8-14(11)17(19)16-9-6-12-4-2-3-5-15(12)20-16/h2-10,17H,19H2,1H3. The van der Waals surface area contributed by atoms with Gasteiger partial charge in [-0.1, -0.05) is 30.3 Å². The van der Waals surface area contributed by atoms with Gasteiger partial charge < -0.3 is 5.73 Å². The summed E-state index contributed by atoms with van der Waals surface area (Å²) in [6, 6.07) is 16.2. The molecule has 2 N–H and O–H groups in total. The van der Waals surface area contributed by atoms with Crippen molar-refractivity contribution in [3.8, 4) is 0 Å². The number of halogens is 1. The summed E-state index contributed by atoms with van der Waals surface area (Å²) < 4.78 is 13.2. The smallest absolute Gasteiger partial charge is 0.123 e. The second-order valence-electron chi connectivity index (χ2n) is 4.91. The fourth-order valence-corrected chi connectivity index (χ4v) is 2.40. The van der Waals surface area contributed by atoms with Crippen molar-refractivity contribution in [2.24, 2.45) is 5.73 Å². The van der Waals surface area contributed by atoms with E-state index < -0.39 is 0 Å². The number of hydrogen-bond donors (Lipinski definition) is 1. The van der Waals surface area contributed by atoms with Crippen LogP contribution in [0.2, 0.25) is 0 Å². The highest BCUT2D eigenvalue weighted by molar-refractivity contribution is 5.78. The summed E-state index contributed by atoms with van der Waals surface area (Å²) >= 11 is 0. The second-order valence-corrected chi connectivity index (χ2v) is 4.91. The van der Waals surface area contributed by atoms with Crippen LogP contribution in [-0.4, -0.2) is 4.98 Å². The van der Waals surface area contributed by atoms with Gasteiger partial charge in [-0.25, -0.2) is 4.39 Å². The van der Waals surface area contributed by atoms with Crippen LogP contribution in [-0.2, 0) is 0 Å². The molecule has 0 aliphatic rings. The lowest BCUT2D eigenvalue weighted by molar-refractivity contribution is 0.624. The molecule has 1 unspecified atom stereocenters. The van der Waals surface area contributed by atoms with Crippen molar-refractivity contribution in [3.63, 3.8) is 0 Å². The summed E-state index contributed by atoms with van der Waals surface area (Å²) in [5.74, 6) is -0.245. The normalized spacial score (nSPS) is 12.6. The lowest BCUT2D eigenvalue weighted by atomic mass is 9.98. The monoisotopic (exact) mass is 266 g/mol. The molecule has 2 aromatic carbocycles. The average molecular weight is 266 g/mol. The van der Waals surface area contributed by atoms with E-state index in [1.807, 2.05) is 43.3 Å². The number of para-hydroxylation sites is 1. The molecule has 1 heterocycles. The summed E-state index contributed by atoms with van der Waals surface area (Å²) in [5.41, 5.74) is 9.72. The van der Waals surface area contributed by atoms with E-state index in [0.29, 0.717) is 0 Å². The molecule has 0 aliphatic carbocycles. The van der Waals surface area contributed by atoms with Crippen LogP contribution >= 0.6 is 0 Å². The third kappa shape index (κ3) is 2.28. The molecule has 0 radical (unpaired) electrons. The van der Waals surface area contributed by atoms with Gasteiger partial charge in [0.25, 0.3) is 0 Å². The number of nitrogens with two attached hydrogens (primary N) is 1.